The van der Waals surface area contributed by atoms with Crippen LogP contribution < -0.4 is 33.8 Å². The lowest BCUT2D eigenvalue weighted by Crippen LogP contribution is -2.40. The van der Waals surface area contributed by atoms with Crippen LogP contribution in [0.15, 0.2) is 81.7 Å². The van der Waals surface area contributed by atoms with Gasteiger partial charge in [-0.2, -0.15) is 0 Å². The van der Waals surface area contributed by atoms with E-state index in [1.807, 2.05) is 30.3 Å². The Morgan fingerprint density at radius 1 is 0.977 bits per heavy atom. The normalized spacial score (nSPS) is 14.5. The topological polar surface area (TPSA) is 97.6 Å². The third-order valence-electron chi connectivity index (χ3n) is 7.05. The summed E-state index contributed by atoms with van der Waals surface area (Å²) < 4.78 is 30.0. The summed E-state index contributed by atoms with van der Waals surface area (Å²) in [5.41, 5.74) is 2.70. The summed E-state index contributed by atoms with van der Waals surface area (Å²) in [5.74, 6) is 1.55. The number of benzene rings is 3. The first-order valence-electron chi connectivity index (χ1n) is 13.7. The lowest BCUT2D eigenvalue weighted by molar-refractivity contribution is -0.139. The van der Waals surface area contributed by atoms with E-state index in [2.05, 4.69) is 4.99 Å². The summed E-state index contributed by atoms with van der Waals surface area (Å²) >= 11 is 7.21. The van der Waals surface area contributed by atoms with Crippen molar-refractivity contribution in [3.63, 3.8) is 0 Å². The van der Waals surface area contributed by atoms with Gasteiger partial charge in [0.05, 0.1) is 43.7 Å². The molecule has 228 valence electrons. The molecule has 0 N–H and O–H groups in total. The Labute approximate surface area is 263 Å². The average Bonchev–Trinajstić information content (AvgIpc) is 3.33. The maximum absolute atomic E-state index is 14.0. The number of aromatic nitrogens is 1. The van der Waals surface area contributed by atoms with Crippen molar-refractivity contribution in [2.24, 2.45) is 4.99 Å². The minimum absolute atomic E-state index is 0.174. The number of ether oxygens (including phenoxy) is 5. The highest BCUT2D eigenvalue weighted by molar-refractivity contribution is 7.07. The summed E-state index contributed by atoms with van der Waals surface area (Å²) in [6.45, 7) is 3.98. The van der Waals surface area contributed by atoms with Gasteiger partial charge in [-0.15, -0.1) is 0 Å². The molecule has 3 aromatic carbocycles. The van der Waals surface area contributed by atoms with Gasteiger partial charge in [0.25, 0.3) is 5.56 Å². The van der Waals surface area contributed by atoms with Gasteiger partial charge in [-0.25, -0.2) is 9.79 Å². The highest BCUT2D eigenvalue weighted by atomic mass is 35.5. The summed E-state index contributed by atoms with van der Waals surface area (Å²) in [6, 6.07) is 17.3. The highest BCUT2D eigenvalue weighted by Crippen LogP contribution is 2.37. The molecule has 0 saturated carbocycles. The minimum atomic E-state index is -0.827. The molecule has 0 saturated heterocycles. The van der Waals surface area contributed by atoms with Gasteiger partial charge in [-0.1, -0.05) is 41.1 Å². The molecule has 0 amide bonds. The highest BCUT2D eigenvalue weighted by Gasteiger charge is 2.35. The molecule has 0 aliphatic carbocycles. The predicted octanol–water partition coefficient (Wildman–Crippen LogP) is 5.06. The van der Waals surface area contributed by atoms with Gasteiger partial charge in [-0.3, -0.25) is 9.36 Å². The number of nitrogens with zero attached hydrogens (tertiary/aromatic N) is 2. The molecule has 0 fully saturated rings. The van der Waals surface area contributed by atoms with E-state index in [0.717, 1.165) is 11.1 Å². The molecule has 9 nitrogen and oxygen atoms in total. The first-order chi connectivity index (χ1) is 21.3. The fourth-order valence-electron chi connectivity index (χ4n) is 4.92. The molecular formula is C33H31ClN2O7S. The lowest BCUT2D eigenvalue weighted by Gasteiger charge is -2.26. The third kappa shape index (κ3) is 6.22. The zero-order chi connectivity index (χ0) is 31.4. The van der Waals surface area contributed by atoms with E-state index in [1.54, 1.807) is 64.5 Å². The fourth-order valence-corrected chi connectivity index (χ4v) is 6.09. The molecule has 11 heteroatoms. The number of methoxy groups -OCH3 is 3. The molecule has 1 atom stereocenters. The number of esters is 1. The monoisotopic (exact) mass is 634 g/mol. The van der Waals surface area contributed by atoms with Gasteiger partial charge in [0.1, 0.15) is 24.1 Å². The number of hydrogen-bond donors (Lipinski definition) is 0. The van der Waals surface area contributed by atoms with Gasteiger partial charge in [0.15, 0.2) is 16.3 Å². The van der Waals surface area contributed by atoms with Crippen LogP contribution in [-0.4, -0.2) is 38.5 Å². The van der Waals surface area contributed by atoms with Crippen molar-refractivity contribution in [1.82, 2.24) is 4.57 Å². The van der Waals surface area contributed by atoms with Crippen LogP contribution in [0.25, 0.3) is 6.08 Å². The standard InChI is InChI=1S/C33H31ClN2O7S/c1-6-42-32(38)29-19(2)35-33-36(30(29)24-13-12-23(39-3)17-26(24)40-4)31(37)28(44-33)16-21-9-14-25(27(15-21)41-5)43-18-20-7-10-22(34)11-8-20/h7-17,30H,6,18H2,1-5H3/b28-16-/t30-/m0/s1. The van der Waals surface area contributed by atoms with E-state index in [1.165, 1.54) is 23.0 Å². The van der Waals surface area contributed by atoms with Crippen LogP contribution in [0.1, 0.15) is 36.6 Å². The molecular weight excluding hydrogens is 604 g/mol. The molecule has 0 spiro atoms. The quantitative estimate of drug-likeness (QED) is 0.225. The number of carbonyl (C=O) groups is 1. The first kappa shape index (κ1) is 30.9. The van der Waals surface area contributed by atoms with Crippen LogP contribution >= 0.6 is 22.9 Å². The summed E-state index contributed by atoms with van der Waals surface area (Å²) in [6.07, 6.45) is 1.76. The van der Waals surface area contributed by atoms with E-state index in [4.69, 9.17) is 35.3 Å². The largest absolute Gasteiger partial charge is 0.497 e. The zero-order valence-corrected chi connectivity index (χ0v) is 26.5. The van der Waals surface area contributed by atoms with Crippen molar-refractivity contribution in [3.05, 3.63) is 113 Å². The fraction of sp³-hybridized carbons (Fsp3) is 0.242. The van der Waals surface area contributed by atoms with Crippen LogP contribution in [0.3, 0.4) is 0 Å². The Hall–Kier alpha value is -4.54. The molecule has 4 aromatic rings. The van der Waals surface area contributed by atoms with Gasteiger partial charge >= 0.3 is 5.97 Å². The van der Waals surface area contributed by atoms with Crippen molar-refractivity contribution in [2.75, 3.05) is 27.9 Å². The number of halogens is 1. The maximum atomic E-state index is 14.0. The van der Waals surface area contributed by atoms with Gasteiger partial charge in [0, 0.05) is 16.7 Å². The Balaban J connectivity index is 1.57. The van der Waals surface area contributed by atoms with Crippen molar-refractivity contribution in [1.29, 1.82) is 0 Å². The number of carbonyl (C=O) groups excluding carboxylic acids is 1. The molecule has 44 heavy (non-hydrogen) atoms. The van der Waals surface area contributed by atoms with Crippen LogP contribution in [0.2, 0.25) is 5.02 Å². The summed E-state index contributed by atoms with van der Waals surface area (Å²) in [5, 5.41) is 0.655. The Kier molecular flexibility index (Phi) is 9.41. The molecule has 0 bridgehead atoms. The lowest BCUT2D eigenvalue weighted by atomic mass is 9.95. The van der Waals surface area contributed by atoms with E-state index >= 15 is 0 Å². The Bertz CT molecular complexity index is 1910. The van der Waals surface area contributed by atoms with Gasteiger partial charge in [-0.05, 0) is 67.4 Å². The smallest absolute Gasteiger partial charge is 0.338 e. The van der Waals surface area contributed by atoms with Crippen LogP contribution in [0.4, 0.5) is 0 Å². The Morgan fingerprint density at radius 3 is 2.41 bits per heavy atom. The second-order valence-corrected chi connectivity index (χ2v) is 11.2. The van der Waals surface area contributed by atoms with E-state index in [9.17, 15) is 9.59 Å². The number of thiazole rings is 1. The Morgan fingerprint density at radius 2 is 1.73 bits per heavy atom. The summed E-state index contributed by atoms with van der Waals surface area (Å²) in [7, 11) is 4.64. The van der Waals surface area contributed by atoms with Crippen LogP contribution in [0.5, 0.6) is 23.0 Å². The molecule has 1 aromatic heterocycles. The maximum Gasteiger partial charge on any atom is 0.338 e. The molecule has 0 radical (unpaired) electrons. The van der Waals surface area contributed by atoms with Gasteiger partial charge in [0.2, 0.25) is 0 Å². The predicted molar refractivity (Wildman–Crippen MR) is 169 cm³/mol. The van der Waals surface area contributed by atoms with E-state index < -0.39 is 12.0 Å². The number of rotatable bonds is 10. The number of allylic oxidation sites excluding steroid dienone is 1. The van der Waals surface area contributed by atoms with Crippen molar-refractivity contribution in [3.8, 4) is 23.0 Å². The second kappa shape index (κ2) is 13.4. The average molecular weight is 635 g/mol. The van der Waals surface area contributed by atoms with Crippen LogP contribution in [0, 0.1) is 0 Å². The van der Waals surface area contributed by atoms with Crippen molar-refractivity contribution < 1.29 is 28.5 Å². The molecule has 1 aliphatic rings. The first-order valence-corrected chi connectivity index (χ1v) is 14.9. The van der Waals surface area contributed by atoms with E-state index in [-0.39, 0.29) is 17.7 Å². The summed E-state index contributed by atoms with van der Waals surface area (Å²) in [4.78, 5) is 32.4. The number of fused-ring (bicyclic) bond motifs is 1. The second-order valence-electron chi connectivity index (χ2n) is 9.74. The minimum Gasteiger partial charge on any atom is -0.497 e. The number of hydrogen-bond acceptors (Lipinski definition) is 9. The molecule has 5 rings (SSSR count). The molecule has 0 unspecified atom stereocenters. The third-order valence-corrected chi connectivity index (χ3v) is 8.28. The van der Waals surface area contributed by atoms with Gasteiger partial charge < -0.3 is 23.7 Å². The molecule has 1 aliphatic heterocycles. The van der Waals surface area contributed by atoms with Crippen molar-refractivity contribution in [2.45, 2.75) is 26.5 Å². The SMILES string of the molecule is CCOC(=O)C1=C(C)N=c2s/c(=C\c3ccc(OCc4ccc(Cl)cc4)c(OC)c3)c(=O)n2[C@H]1c1ccc(OC)cc1OC. The zero-order valence-electron chi connectivity index (χ0n) is 24.9. The van der Waals surface area contributed by atoms with Crippen LogP contribution in [-0.2, 0) is 16.1 Å². The van der Waals surface area contributed by atoms with Crippen molar-refractivity contribution >= 4 is 35.0 Å². The molecule has 2 heterocycles. The van der Waals surface area contributed by atoms with E-state index in [0.29, 0.717) is 55.2 Å².